The van der Waals surface area contributed by atoms with Crippen molar-refractivity contribution in [3.63, 3.8) is 0 Å². The lowest BCUT2D eigenvalue weighted by Gasteiger charge is -1.94. The average Bonchev–Trinajstić information content (AvgIpc) is 2.67. The fourth-order valence-corrected chi connectivity index (χ4v) is 1.47. The molecule has 0 aliphatic rings. The molecular weight excluding hydrogens is 240 g/mol. The molecule has 0 radical (unpaired) electrons. The van der Waals surface area contributed by atoms with Gasteiger partial charge in [0.25, 0.3) is 5.22 Å². The number of ether oxygens (including phenoxy) is 1. The number of esters is 1. The van der Waals surface area contributed by atoms with Gasteiger partial charge in [-0.2, -0.15) is 0 Å². The SMILES string of the molecule is CCOC(=O)c1nnc(SC/C=C/Cl)o1. The third-order valence-electron chi connectivity index (χ3n) is 1.25. The van der Waals surface area contributed by atoms with E-state index in [1.165, 1.54) is 17.3 Å². The molecule has 1 heterocycles. The average molecular weight is 249 g/mol. The summed E-state index contributed by atoms with van der Waals surface area (Å²) in [6.45, 7) is 1.98. The molecule has 0 aliphatic carbocycles. The maximum absolute atomic E-state index is 11.1. The Kier molecular flexibility index (Phi) is 5.20. The number of carbonyl (C=O) groups is 1. The van der Waals surface area contributed by atoms with Crippen LogP contribution in [0.1, 0.15) is 17.6 Å². The molecule has 7 heteroatoms. The molecule has 0 saturated heterocycles. The number of carbonyl (C=O) groups excluding carboxylic acids is 1. The molecule has 1 rings (SSSR count). The highest BCUT2D eigenvalue weighted by Gasteiger charge is 2.15. The predicted molar refractivity (Wildman–Crippen MR) is 56.0 cm³/mol. The lowest BCUT2D eigenvalue weighted by atomic mass is 10.7. The summed E-state index contributed by atoms with van der Waals surface area (Å²) in [6, 6.07) is 0. The van der Waals surface area contributed by atoms with E-state index in [1.807, 2.05) is 0 Å². The number of halogens is 1. The highest BCUT2D eigenvalue weighted by molar-refractivity contribution is 7.99. The van der Waals surface area contributed by atoms with Crippen LogP contribution in [0.4, 0.5) is 0 Å². The Balaban J connectivity index is 2.52. The summed E-state index contributed by atoms with van der Waals surface area (Å²) in [5.41, 5.74) is 1.40. The highest BCUT2D eigenvalue weighted by Crippen LogP contribution is 2.16. The van der Waals surface area contributed by atoms with Gasteiger partial charge in [-0.05, 0) is 6.92 Å². The minimum Gasteiger partial charge on any atom is -0.459 e. The van der Waals surface area contributed by atoms with Crippen molar-refractivity contribution in [2.24, 2.45) is 0 Å². The number of hydrogen-bond acceptors (Lipinski definition) is 6. The molecule has 0 aromatic carbocycles. The minimum atomic E-state index is -0.607. The van der Waals surface area contributed by atoms with Gasteiger partial charge in [0.05, 0.1) is 6.61 Å². The van der Waals surface area contributed by atoms with Crippen molar-refractivity contribution < 1.29 is 13.9 Å². The molecule has 82 valence electrons. The molecule has 0 amide bonds. The third-order valence-corrected chi connectivity index (χ3v) is 2.20. The summed E-state index contributed by atoms with van der Waals surface area (Å²) in [5.74, 6) is -0.132. The van der Waals surface area contributed by atoms with Gasteiger partial charge in [-0.1, -0.05) is 34.5 Å². The first kappa shape index (κ1) is 12.1. The first-order chi connectivity index (χ1) is 7.27. The standard InChI is InChI=1S/C8H9ClN2O3S/c1-2-13-7(12)6-10-11-8(14-6)15-5-3-4-9/h3-4H,2,5H2,1H3/b4-3+. The first-order valence-electron chi connectivity index (χ1n) is 4.16. The van der Waals surface area contributed by atoms with E-state index in [1.54, 1.807) is 13.0 Å². The van der Waals surface area contributed by atoms with E-state index in [-0.39, 0.29) is 12.5 Å². The Bertz CT molecular complexity index is 353. The van der Waals surface area contributed by atoms with E-state index in [2.05, 4.69) is 14.9 Å². The van der Waals surface area contributed by atoms with Crippen LogP contribution in [-0.2, 0) is 4.74 Å². The maximum Gasteiger partial charge on any atom is 0.396 e. The number of hydrogen-bond donors (Lipinski definition) is 0. The molecule has 0 spiro atoms. The molecule has 1 aromatic heterocycles. The van der Waals surface area contributed by atoms with Crippen LogP contribution >= 0.6 is 23.4 Å². The second-order valence-corrected chi connectivity index (χ2v) is 3.49. The normalized spacial score (nSPS) is 10.8. The van der Waals surface area contributed by atoms with Crippen LogP contribution in [0.15, 0.2) is 21.3 Å². The summed E-state index contributed by atoms with van der Waals surface area (Å²) in [4.78, 5) is 11.1. The van der Waals surface area contributed by atoms with Crippen LogP contribution in [-0.4, -0.2) is 28.5 Å². The van der Waals surface area contributed by atoms with Crippen LogP contribution in [0.5, 0.6) is 0 Å². The lowest BCUT2D eigenvalue weighted by Crippen LogP contribution is -2.04. The van der Waals surface area contributed by atoms with Gasteiger partial charge in [0.1, 0.15) is 0 Å². The molecule has 0 aliphatic heterocycles. The van der Waals surface area contributed by atoms with Crippen molar-refractivity contribution in [2.45, 2.75) is 12.1 Å². The zero-order valence-electron chi connectivity index (χ0n) is 7.97. The summed E-state index contributed by atoms with van der Waals surface area (Å²) in [5, 5.41) is 7.52. The fraction of sp³-hybridized carbons (Fsp3) is 0.375. The number of nitrogens with zero attached hydrogens (tertiary/aromatic N) is 2. The van der Waals surface area contributed by atoms with Gasteiger partial charge in [-0.3, -0.25) is 0 Å². The van der Waals surface area contributed by atoms with Crippen molar-refractivity contribution in [2.75, 3.05) is 12.4 Å². The Morgan fingerprint density at radius 2 is 2.47 bits per heavy atom. The summed E-state index contributed by atoms with van der Waals surface area (Å²) < 4.78 is 9.72. The Morgan fingerprint density at radius 3 is 3.13 bits per heavy atom. The Hall–Kier alpha value is -1.01. The van der Waals surface area contributed by atoms with Gasteiger partial charge < -0.3 is 9.15 Å². The van der Waals surface area contributed by atoms with Crippen LogP contribution in [0.25, 0.3) is 0 Å². The number of rotatable bonds is 5. The maximum atomic E-state index is 11.1. The van der Waals surface area contributed by atoms with E-state index in [4.69, 9.17) is 16.0 Å². The van der Waals surface area contributed by atoms with Crippen molar-refractivity contribution >= 4 is 29.3 Å². The van der Waals surface area contributed by atoms with Gasteiger partial charge in [0, 0.05) is 11.3 Å². The number of thioether (sulfide) groups is 1. The smallest absolute Gasteiger partial charge is 0.396 e. The van der Waals surface area contributed by atoms with Crippen molar-refractivity contribution in [3.05, 3.63) is 17.5 Å². The molecule has 0 bridgehead atoms. The van der Waals surface area contributed by atoms with Crippen molar-refractivity contribution in [3.8, 4) is 0 Å². The highest BCUT2D eigenvalue weighted by atomic mass is 35.5. The summed E-state index contributed by atoms with van der Waals surface area (Å²) in [7, 11) is 0. The van der Waals surface area contributed by atoms with Crippen molar-refractivity contribution in [1.29, 1.82) is 0 Å². The largest absolute Gasteiger partial charge is 0.459 e. The monoisotopic (exact) mass is 248 g/mol. The van der Waals surface area contributed by atoms with Gasteiger partial charge in [0.15, 0.2) is 0 Å². The van der Waals surface area contributed by atoms with E-state index in [9.17, 15) is 4.79 Å². The van der Waals surface area contributed by atoms with Gasteiger partial charge >= 0.3 is 11.9 Å². The Morgan fingerprint density at radius 1 is 1.67 bits per heavy atom. The summed E-state index contributed by atoms with van der Waals surface area (Å²) >= 11 is 6.61. The molecule has 0 saturated carbocycles. The fourth-order valence-electron chi connectivity index (χ4n) is 0.699. The number of aromatic nitrogens is 2. The molecular formula is C8H9ClN2O3S. The molecule has 0 fully saturated rings. The zero-order valence-corrected chi connectivity index (χ0v) is 9.55. The van der Waals surface area contributed by atoms with E-state index < -0.39 is 5.97 Å². The second kappa shape index (κ2) is 6.47. The molecule has 1 aromatic rings. The third kappa shape index (κ3) is 3.93. The van der Waals surface area contributed by atoms with Crippen LogP contribution in [0, 0.1) is 0 Å². The van der Waals surface area contributed by atoms with E-state index in [0.717, 1.165) is 0 Å². The Labute approximate surface area is 95.8 Å². The molecule has 15 heavy (non-hydrogen) atoms. The molecule has 0 N–H and O–H groups in total. The summed E-state index contributed by atoms with van der Waals surface area (Å²) in [6.07, 6.45) is 1.72. The van der Waals surface area contributed by atoms with Gasteiger partial charge in [-0.25, -0.2) is 4.79 Å². The zero-order chi connectivity index (χ0) is 11.1. The van der Waals surface area contributed by atoms with E-state index in [0.29, 0.717) is 11.0 Å². The lowest BCUT2D eigenvalue weighted by molar-refractivity contribution is 0.0475. The van der Waals surface area contributed by atoms with Gasteiger partial charge in [0.2, 0.25) is 0 Å². The predicted octanol–water partition coefficient (Wildman–Crippen LogP) is 2.09. The molecule has 5 nitrogen and oxygen atoms in total. The second-order valence-electron chi connectivity index (χ2n) is 2.27. The topological polar surface area (TPSA) is 65.2 Å². The van der Waals surface area contributed by atoms with Crippen LogP contribution in [0.2, 0.25) is 0 Å². The quantitative estimate of drug-likeness (QED) is 0.587. The van der Waals surface area contributed by atoms with E-state index >= 15 is 0 Å². The van der Waals surface area contributed by atoms with Crippen molar-refractivity contribution in [1.82, 2.24) is 10.2 Å². The molecule has 0 unspecified atom stereocenters. The first-order valence-corrected chi connectivity index (χ1v) is 5.58. The molecule has 0 atom stereocenters. The minimum absolute atomic E-state index is 0.130. The van der Waals surface area contributed by atoms with Gasteiger partial charge in [-0.15, -0.1) is 5.10 Å². The van der Waals surface area contributed by atoms with Crippen LogP contribution in [0.3, 0.4) is 0 Å². The van der Waals surface area contributed by atoms with Crippen LogP contribution < -0.4 is 0 Å².